The number of fused-ring (bicyclic) bond motifs is 1. The van der Waals surface area contributed by atoms with Crippen molar-refractivity contribution in [2.45, 2.75) is 25.8 Å². The second kappa shape index (κ2) is 9.19. The highest BCUT2D eigenvalue weighted by molar-refractivity contribution is 6.34. The summed E-state index contributed by atoms with van der Waals surface area (Å²) in [6.07, 6.45) is 4.80. The van der Waals surface area contributed by atoms with Crippen molar-refractivity contribution in [2.75, 3.05) is 26.8 Å². The number of methoxy groups -OCH3 is 1. The van der Waals surface area contributed by atoms with E-state index >= 15 is 0 Å². The first-order valence-electron chi connectivity index (χ1n) is 10.4. The number of hydrogen-bond donors (Lipinski definition) is 0. The van der Waals surface area contributed by atoms with Crippen molar-refractivity contribution in [1.82, 2.24) is 9.47 Å². The van der Waals surface area contributed by atoms with E-state index < -0.39 is 0 Å². The molecule has 158 valence electrons. The first-order valence-corrected chi connectivity index (χ1v) is 10.7. The molecule has 0 aliphatic carbocycles. The second-order valence-corrected chi connectivity index (χ2v) is 8.37. The summed E-state index contributed by atoms with van der Waals surface area (Å²) in [6, 6.07) is 12.5. The monoisotopic (exact) mass is 428 g/mol. The number of ether oxygens (including phenoxy) is 1. The van der Waals surface area contributed by atoms with Gasteiger partial charge in [-0.25, -0.2) is 4.39 Å². The molecule has 0 N–H and O–H groups in total. The summed E-state index contributed by atoms with van der Waals surface area (Å²) < 4.78 is 20.3. The van der Waals surface area contributed by atoms with Crippen LogP contribution < -0.4 is 0 Å². The summed E-state index contributed by atoms with van der Waals surface area (Å²) >= 11 is 6.51. The number of likely N-dealkylation sites (tertiary alicyclic amines) is 1. The predicted octanol–water partition coefficient (Wildman–Crippen LogP) is 5.18. The molecule has 2 heterocycles. The van der Waals surface area contributed by atoms with Gasteiger partial charge in [-0.3, -0.25) is 4.79 Å². The fourth-order valence-electron chi connectivity index (χ4n) is 4.23. The lowest BCUT2D eigenvalue weighted by atomic mass is 9.90. The molecule has 1 fully saturated rings. The van der Waals surface area contributed by atoms with Crippen LogP contribution in [-0.2, 0) is 17.7 Å². The number of carbonyl (C=O) groups excluding carboxylic acids is 1. The van der Waals surface area contributed by atoms with E-state index in [-0.39, 0.29) is 11.7 Å². The minimum atomic E-state index is -0.206. The van der Waals surface area contributed by atoms with Crippen LogP contribution in [0.1, 0.15) is 28.8 Å². The summed E-state index contributed by atoms with van der Waals surface area (Å²) in [4.78, 5) is 15.0. The van der Waals surface area contributed by atoms with E-state index in [1.165, 1.54) is 12.1 Å². The summed E-state index contributed by atoms with van der Waals surface area (Å²) in [6.45, 7) is 2.79. The minimum absolute atomic E-state index is 0.00762. The Balaban J connectivity index is 1.41. The Bertz CT molecular complexity index is 1020. The maximum atomic E-state index is 13.1. The summed E-state index contributed by atoms with van der Waals surface area (Å²) in [5.74, 6) is 0.293. The van der Waals surface area contributed by atoms with E-state index in [0.29, 0.717) is 36.2 Å². The fourth-order valence-corrected chi connectivity index (χ4v) is 4.46. The predicted molar refractivity (Wildman–Crippen MR) is 118 cm³/mol. The molecule has 4 nitrogen and oxygen atoms in total. The Morgan fingerprint density at radius 1 is 1.17 bits per heavy atom. The van der Waals surface area contributed by atoms with Crippen LogP contribution in [0.5, 0.6) is 0 Å². The molecule has 0 spiro atoms. The van der Waals surface area contributed by atoms with Crippen LogP contribution in [0, 0.1) is 11.7 Å². The Morgan fingerprint density at radius 2 is 1.90 bits per heavy atom. The second-order valence-electron chi connectivity index (χ2n) is 7.96. The van der Waals surface area contributed by atoms with Crippen LogP contribution in [0.2, 0.25) is 5.02 Å². The van der Waals surface area contributed by atoms with Crippen molar-refractivity contribution in [3.05, 3.63) is 70.6 Å². The van der Waals surface area contributed by atoms with E-state index in [2.05, 4.69) is 4.57 Å². The first-order chi connectivity index (χ1) is 14.5. The molecule has 1 aliphatic heterocycles. The van der Waals surface area contributed by atoms with Crippen LogP contribution in [0.15, 0.2) is 48.7 Å². The highest BCUT2D eigenvalue weighted by atomic mass is 35.5. The number of benzene rings is 2. The van der Waals surface area contributed by atoms with Gasteiger partial charge in [-0.05, 0) is 61.1 Å². The van der Waals surface area contributed by atoms with E-state index in [4.69, 9.17) is 16.3 Å². The maximum Gasteiger partial charge on any atom is 0.255 e. The number of aromatic nitrogens is 1. The van der Waals surface area contributed by atoms with Crippen molar-refractivity contribution in [3.63, 3.8) is 0 Å². The van der Waals surface area contributed by atoms with Gasteiger partial charge in [-0.2, -0.15) is 0 Å². The largest absolute Gasteiger partial charge is 0.383 e. The highest BCUT2D eigenvalue weighted by Gasteiger charge is 2.25. The number of piperidine rings is 1. The van der Waals surface area contributed by atoms with Crippen LogP contribution >= 0.6 is 11.6 Å². The van der Waals surface area contributed by atoms with Gasteiger partial charge in [0.05, 0.1) is 17.2 Å². The Labute approximate surface area is 181 Å². The van der Waals surface area contributed by atoms with Gasteiger partial charge < -0.3 is 14.2 Å². The Hall–Kier alpha value is -2.37. The molecule has 30 heavy (non-hydrogen) atoms. The molecule has 4 rings (SSSR count). The minimum Gasteiger partial charge on any atom is -0.383 e. The average molecular weight is 429 g/mol. The lowest BCUT2D eigenvalue weighted by Crippen LogP contribution is -2.39. The van der Waals surface area contributed by atoms with Crippen LogP contribution in [0.25, 0.3) is 10.9 Å². The quantitative estimate of drug-likeness (QED) is 0.542. The topological polar surface area (TPSA) is 34.5 Å². The van der Waals surface area contributed by atoms with Gasteiger partial charge in [-0.15, -0.1) is 0 Å². The lowest BCUT2D eigenvalue weighted by Gasteiger charge is -2.32. The molecule has 1 amide bonds. The third kappa shape index (κ3) is 4.52. The fraction of sp³-hybridized carbons (Fsp3) is 0.375. The summed E-state index contributed by atoms with van der Waals surface area (Å²) in [5.41, 5.74) is 2.71. The molecule has 0 radical (unpaired) electrons. The van der Waals surface area contributed by atoms with E-state index in [1.807, 2.05) is 41.4 Å². The van der Waals surface area contributed by atoms with Crippen molar-refractivity contribution in [3.8, 4) is 0 Å². The highest BCUT2D eigenvalue weighted by Crippen LogP contribution is 2.28. The van der Waals surface area contributed by atoms with E-state index in [0.717, 1.165) is 42.3 Å². The molecule has 0 bridgehead atoms. The van der Waals surface area contributed by atoms with Crippen LogP contribution in [-0.4, -0.2) is 42.2 Å². The molecule has 0 saturated carbocycles. The van der Waals surface area contributed by atoms with Crippen LogP contribution in [0.4, 0.5) is 4.39 Å². The van der Waals surface area contributed by atoms with Gasteiger partial charge in [-0.1, -0.05) is 23.7 Å². The third-order valence-electron chi connectivity index (χ3n) is 5.97. The molecular weight excluding hydrogens is 403 g/mol. The van der Waals surface area contributed by atoms with Crippen molar-refractivity contribution < 1.29 is 13.9 Å². The van der Waals surface area contributed by atoms with Crippen molar-refractivity contribution in [2.24, 2.45) is 5.92 Å². The number of nitrogens with zero attached hydrogens (tertiary/aromatic N) is 2. The average Bonchev–Trinajstić information content (AvgIpc) is 3.15. The zero-order valence-electron chi connectivity index (χ0n) is 17.1. The maximum absolute atomic E-state index is 13.1. The molecule has 1 aromatic heterocycles. The molecule has 3 aromatic rings. The van der Waals surface area contributed by atoms with Crippen molar-refractivity contribution in [1.29, 1.82) is 0 Å². The molecule has 1 aliphatic rings. The van der Waals surface area contributed by atoms with Gasteiger partial charge in [0.15, 0.2) is 0 Å². The van der Waals surface area contributed by atoms with Gasteiger partial charge in [0, 0.05) is 43.8 Å². The number of halogens is 2. The standard InChI is InChI=1S/C24H26ClFN2O2/c1-30-13-12-27-11-8-19-15-21(22(25)16-23(19)27)24(29)28-9-6-18(7-10-28)14-17-2-4-20(26)5-3-17/h2-5,8,11,15-16,18H,6-7,9-10,12-14H2,1H3. The van der Waals surface area contributed by atoms with Crippen molar-refractivity contribution >= 4 is 28.4 Å². The molecule has 0 unspecified atom stereocenters. The number of carbonyl (C=O) groups is 1. The van der Waals surface area contributed by atoms with Crippen LogP contribution in [0.3, 0.4) is 0 Å². The smallest absolute Gasteiger partial charge is 0.255 e. The first kappa shape index (κ1) is 20.9. The zero-order chi connectivity index (χ0) is 21.1. The summed E-state index contributed by atoms with van der Waals surface area (Å²) in [7, 11) is 1.68. The Morgan fingerprint density at radius 3 is 2.60 bits per heavy atom. The van der Waals surface area contributed by atoms with E-state index in [9.17, 15) is 9.18 Å². The molecule has 2 aromatic carbocycles. The molecule has 1 saturated heterocycles. The van der Waals surface area contributed by atoms with Gasteiger partial charge in [0.1, 0.15) is 5.82 Å². The SMILES string of the molecule is COCCn1ccc2cc(C(=O)N3CCC(Cc4ccc(F)cc4)CC3)c(Cl)cc21. The molecular formula is C24H26ClFN2O2. The molecule has 6 heteroatoms. The van der Waals surface area contributed by atoms with E-state index in [1.54, 1.807) is 7.11 Å². The summed E-state index contributed by atoms with van der Waals surface area (Å²) in [5, 5.41) is 1.49. The number of rotatable bonds is 6. The third-order valence-corrected chi connectivity index (χ3v) is 6.28. The molecule has 0 atom stereocenters. The van der Waals surface area contributed by atoms with Gasteiger partial charge in [0.2, 0.25) is 0 Å². The van der Waals surface area contributed by atoms with Gasteiger partial charge in [0.25, 0.3) is 5.91 Å². The lowest BCUT2D eigenvalue weighted by molar-refractivity contribution is 0.0691. The number of amides is 1. The van der Waals surface area contributed by atoms with Gasteiger partial charge >= 0.3 is 0 Å². The Kier molecular flexibility index (Phi) is 6.40. The normalized spacial score (nSPS) is 15.1. The zero-order valence-corrected chi connectivity index (χ0v) is 17.9. The number of hydrogen-bond acceptors (Lipinski definition) is 2.